The Morgan fingerprint density at radius 2 is 1.92 bits per heavy atom. The quantitative estimate of drug-likeness (QED) is 0.595. The molecule has 0 aliphatic carbocycles. The Bertz CT molecular complexity index is 874. The van der Waals surface area contributed by atoms with Crippen molar-refractivity contribution in [2.45, 2.75) is 12.0 Å². The normalized spacial score (nSPS) is 19.4. The molecule has 4 nitrogen and oxygen atoms in total. The van der Waals surface area contributed by atoms with Crippen LogP contribution in [0.2, 0.25) is 0 Å². The first-order chi connectivity index (χ1) is 12.0. The Kier molecular flexibility index (Phi) is 4.97. The number of aliphatic hydroxyl groups is 1. The lowest BCUT2D eigenvalue weighted by atomic mass is 9.90. The summed E-state index contributed by atoms with van der Waals surface area (Å²) < 4.78 is 0.731. The number of allylic oxidation sites excluding steroid dienone is 3. The summed E-state index contributed by atoms with van der Waals surface area (Å²) in [7, 11) is 0. The van der Waals surface area contributed by atoms with E-state index in [1.54, 1.807) is 30.4 Å². The fourth-order valence-electron chi connectivity index (χ4n) is 2.70. The molecule has 0 fully saturated rings. The van der Waals surface area contributed by atoms with Gasteiger partial charge in [0.05, 0.1) is 6.42 Å². The van der Waals surface area contributed by atoms with Gasteiger partial charge in [-0.25, -0.2) is 0 Å². The predicted molar refractivity (Wildman–Crippen MR) is 101 cm³/mol. The molecule has 1 atom stereocenters. The molecule has 25 heavy (non-hydrogen) atoms. The summed E-state index contributed by atoms with van der Waals surface area (Å²) >= 11 is 3.32. The topological polar surface area (TPSA) is 66.4 Å². The van der Waals surface area contributed by atoms with Gasteiger partial charge < -0.3 is 10.4 Å². The van der Waals surface area contributed by atoms with Gasteiger partial charge in [0.2, 0.25) is 0 Å². The summed E-state index contributed by atoms with van der Waals surface area (Å²) in [6.07, 6.45) is 6.27. The Hall–Kier alpha value is -2.50. The lowest BCUT2D eigenvalue weighted by molar-refractivity contribution is -0.138. The highest BCUT2D eigenvalue weighted by Gasteiger charge is 2.46. The lowest BCUT2D eigenvalue weighted by Crippen LogP contribution is -2.36. The van der Waals surface area contributed by atoms with Crippen LogP contribution in [0.1, 0.15) is 17.5 Å². The number of ketones is 1. The van der Waals surface area contributed by atoms with Crippen LogP contribution in [-0.4, -0.2) is 16.8 Å². The zero-order valence-corrected chi connectivity index (χ0v) is 14.9. The zero-order valence-electron chi connectivity index (χ0n) is 13.3. The first kappa shape index (κ1) is 17.3. The Balaban J connectivity index is 1.71. The second-order valence-corrected chi connectivity index (χ2v) is 6.69. The fraction of sp³-hybridized carbons (Fsp3) is 0.100. The van der Waals surface area contributed by atoms with Crippen molar-refractivity contribution >= 4 is 39.4 Å². The van der Waals surface area contributed by atoms with Crippen molar-refractivity contribution in [3.8, 4) is 0 Å². The molecule has 0 aromatic heterocycles. The molecule has 2 aromatic carbocycles. The van der Waals surface area contributed by atoms with Crippen LogP contribution in [0.5, 0.6) is 0 Å². The van der Waals surface area contributed by atoms with Crippen LogP contribution < -0.4 is 5.32 Å². The van der Waals surface area contributed by atoms with Gasteiger partial charge in [0.1, 0.15) is 0 Å². The molecule has 0 spiro atoms. The smallest absolute Gasteiger partial charge is 0.261 e. The van der Waals surface area contributed by atoms with Crippen molar-refractivity contribution in [2.24, 2.45) is 0 Å². The van der Waals surface area contributed by atoms with Crippen LogP contribution in [-0.2, 0) is 15.2 Å². The highest BCUT2D eigenvalue weighted by atomic mass is 79.9. The van der Waals surface area contributed by atoms with Crippen molar-refractivity contribution in [2.75, 3.05) is 5.32 Å². The molecule has 0 radical (unpaired) electrons. The van der Waals surface area contributed by atoms with E-state index in [2.05, 4.69) is 21.2 Å². The van der Waals surface area contributed by atoms with Crippen molar-refractivity contribution in [1.82, 2.24) is 0 Å². The van der Waals surface area contributed by atoms with Gasteiger partial charge in [0.15, 0.2) is 11.4 Å². The van der Waals surface area contributed by atoms with E-state index in [1.165, 1.54) is 6.08 Å². The molecular weight excluding hydrogens is 382 g/mol. The van der Waals surface area contributed by atoms with E-state index in [1.807, 2.05) is 36.4 Å². The van der Waals surface area contributed by atoms with Gasteiger partial charge in [0, 0.05) is 15.7 Å². The first-order valence-electron chi connectivity index (χ1n) is 7.75. The van der Waals surface area contributed by atoms with E-state index in [0.717, 1.165) is 10.0 Å². The summed E-state index contributed by atoms with van der Waals surface area (Å²) in [5.41, 5.74) is 0.112. The third-order valence-electron chi connectivity index (χ3n) is 3.96. The molecular formula is C20H16BrNO3. The third kappa shape index (κ3) is 3.78. The van der Waals surface area contributed by atoms with Gasteiger partial charge in [0.25, 0.3) is 5.91 Å². The number of benzene rings is 2. The largest absolute Gasteiger partial charge is 0.375 e. The van der Waals surface area contributed by atoms with E-state index >= 15 is 0 Å². The number of amides is 1. The van der Waals surface area contributed by atoms with Crippen LogP contribution in [0.4, 0.5) is 5.69 Å². The van der Waals surface area contributed by atoms with Crippen LogP contribution in [0.15, 0.2) is 71.2 Å². The molecule has 0 saturated heterocycles. The highest BCUT2D eigenvalue weighted by molar-refractivity contribution is 9.10. The molecule has 3 rings (SSSR count). The number of nitrogens with one attached hydrogen (secondary N) is 1. The summed E-state index contributed by atoms with van der Waals surface area (Å²) in [5.74, 6) is -0.912. The molecule has 0 bridgehead atoms. The van der Waals surface area contributed by atoms with E-state index in [-0.39, 0.29) is 12.2 Å². The molecule has 1 aliphatic rings. The second kappa shape index (κ2) is 7.17. The SMILES string of the molecule is O=C(C=CC=Cc1ccccc1)C[C@]1(O)C(=O)Nc2ccc(Br)cc21. The van der Waals surface area contributed by atoms with Crippen molar-refractivity contribution < 1.29 is 14.7 Å². The number of halogens is 1. The average molecular weight is 398 g/mol. The van der Waals surface area contributed by atoms with Gasteiger partial charge in [-0.05, 0) is 29.8 Å². The minimum absolute atomic E-state index is 0.308. The van der Waals surface area contributed by atoms with Crippen molar-refractivity contribution in [1.29, 1.82) is 0 Å². The average Bonchev–Trinajstić information content (AvgIpc) is 2.83. The number of carbonyl (C=O) groups excluding carboxylic acids is 2. The van der Waals surface area contributed by atoms with E-state index in [9.17, 15) is 14.7 Å². The van der Waals surface area contributed by atoms with Crippen LogP contribution in [0, 0.1) is 0 Å². The summed E-state index contributed by atoms with van der Waals surface area (Å²) in [4.78, 5) is 24.3. The van der Waals surface area contributed by atoms with Crippen LogP contribution in [0.25, 0.3) is 6.08 Å². The monoisotopic (exact) mass is 397 g/mol. The molecule has 2 aromatic rings. The van der Waals surface area contributed by atoms with Crippen LogP contribution >= 0.6 is 15.9 Å². The number of anilines is 1. The molecule has 0 unspecified atom stereocenters. The maximum Gasteiger partial charge on any atom is 0.261 e. The van der Waals surface area contributed by atoms with Gasteiger partial charge in [-0.2, -0.15) is 0 Å². The predicted octanol–water partition coefficient (Wildman–Crippen LogP) is 3.82. The van der Waals surface area contributed by atoms with Crippen molar-refractivity contribution in [3.63, 3.8) is 0 Å². The molecule has 0 saturated carbocycles. The maximum absolute atomic E-state index is 12.2. The van der Waals surface area contributed by atoms with E-state index in [0.29, 0.717) is 11.3 Å². The third-order valence-corrected chi connectivity index (χ3v) is 4.46. The van der Waals surface area contributed by atoms with E-state index < -0.39 is 11.5 Å². The molecule has 1 aliphatic heterocycles. The number of hydrogen-bond donors (Lipinski definition) is 2. The van der Waals surface area contributed by atoms with Gasteiger partial charge >= 0.3 is 0 Å². The molecule has 1 amide bonds. The van der Waals surface area contributed by atoms with Crippen molar-refractivity contribution in [3.05, 3.63) is 82.4 Å². The summed E-state index contributed by atoms with van der Waals surface area (Å²) in [6.45, 7) is 0. The zero-order chi connectivity index (χ0) is 17.9. The molecule has 1 heterocycles. The van der Waals surface area contributed by atoms with E-state index in [4.69, 9.17) is 0 Å². The van der Waals surface area contributed by atoms with Gasteiger partial charge in [-0.1, -0.05) is 64.5 Å². The number of fused-ring (bicyclic) bond motifs is 1. The maximum atomic E-state index is 12.2. The molecule has 2 N–H and O–H groups in total. The summed E-state index contributed by atoms with van der Waals surface area (Å²) in [6, 6.07) is 14.8. The highest BCUT2D eigenvalue weighted by Crippen LogP contribution is 2.39. The second-order valence-electron chi connectivity index (χ2n) is 5.78. The standard InChI is InChI=1S/C20H16BrNO3/c21-15-10-11-18-17(12-15)20(25,19(24)22-18)13-16(23)9-5-4-8-14-6-2-1-3-7-14/h1-12,25H,13H2,(H,22,24)/t20-/m1/s1. The number of rotatable bonds is 5. The fourth-order valence-corrected chi connectivity index (χ4v) is 3.06. The number of hydrogen-bond acceptors (Lipinski definition) is 3. The van der Waals surface area contributed by atoms with Gasteiger partial charge in [-0.15, -0.1) is 0 Å². The van der Waals surface area contributed by atoms with Gasteiger partial charge in [-0.3, -0.25) is 9.59 Å². The van der Waals surface area contributed by atoms with Crippen LogP contribution in [0.3, 0.4) is 0 Å². The molecule has 126 valence electrons. The minimum atomic E-state index is -1.84. The Morgan fingerprint density at radius 1 is 1.16 bits per heavy atom. The number of carbonyl (C=O) groups is 2. The molecule has 5 heteroatoms. The lowest BCUT2D eigenvalue weighted by Gasteiger charge is -2.19. The summed E-state index contributed by atoms with van der Waals surface area (Å²) in [5, 5.41) is 13.3. The first-order valence-corrected chi connectivity index (χ1v) is 8.55. The Labute approximate surface area is 154 Å². The minimum Gasteiger partial charge on any atom is -0.375 e. The Morgan fingerprint density at radius 3 is 2.68 bits per heavy atom.